The largest absolute Gasteiger partial charge is 0.482 e. The van der Waals surface area contributed by atoms with Gasteiger partial charge < -0.3 is 20.3 Å². The number of carbonyl (C=O) groups is 1. The molecule has 0 spiro atoms. The molecule has 0 bridgehead atoms. The van der Waals surface area contributed by atoms with Crippen LogP contribution >= 0.6 is 27.5 Å². The number of nitrogens with one attached hydrogen (secondary N) is 1. The predicted molar refractivity (Wildman–Crippen MR) is 75.4 cm³/mol. The van der Waals surface area contributed by atoms with Crippen molar-refractivity contribution in [2.45, 2.75) is 12.5 Å². The highest BCUT2D eigenvalue weighted by Crippen LogP contribution is 2.27. The van der Waals surface area contributed by atoms with Crippen molar-refractivity contribution in [1.82, 2.24) is 5.32 Å². The highest BCUT2D eigenvalue weighted by atomic mass is 79.9. The number of ether oxygens (including phenoxy) is 1. The molecule has 0 aliphatic carbocycles. The van der Waals surface area contributed by atoms with Crippen LogP contribution in [0, 0.1) is 0 Å². The SMILES string of the molecule is CC(O)(CO)CNC(=O)COc1ccc(Br)cc1Cl. The van der Waals surface area contributed by atoms with Crippen LogP contribution in [-0.2, 0) is 4.79 Å². The molecule has 0 saturated carbocycles. The van der Waals surface area contributed by atoms with E-state index >= 15 is 0 Å². The first-order valence-electron chi connectivity index (χ1n) is 5.52. The lowest BCUT2D eigenvalue weighted by Gasteiger charge is -2.20. The minimum atomic E-state index is -1.34. The molecule has 0 aliphatic heterocycles. The van der Waals surface area contributed by atoms with Crippen LogP contribution in [0.15, 0.2) is 22.7 Å². The molecule has 0 heterocycles. The van der Waals surface area contributed by atoms with E-state index in [0.29, 0.717) is 10.8 Å². The maximum absolute atomic E-state index is 11.5. The maximum atomic E-state index is 11.5. The summed E-state index contributed by atoms with van der Waals surface area (Å²) in [5, 5.41) is 21.2. The summed E-state index contributed by atoms with van der Waals surface area (Å²) in [7, 11) is 0. The number of amides is 1. The summed E-state index contributed by atoms with van der Waals surface area (Å²) >= 11 is 9.19. The van der Waals surface area contributed by atoms with E-state index in [1.54, 1.807) is 18.2 Å². The van der Waals surface area contributed by atoms with E-state index in [0.717, 1.165) is 4.47 Å². The first kappa shape index (κ1) is 16.2. The average molecular weight is 353 g/mol. The molecule has 106 valence electrons. The lowest BCUT2D eigenvalue weighted by molar-refractivity contribution is -0.124. The van der Waals surface area contributed by atoms with Gasteiger partial charge in [0.1, 0.15) is 11.4 Å². The quantitative estimate of drug-likeness (QED) is 0.722. The molecular formula is C12H15BrClNO4. The Labute approximate surface area is 124 Å². The van der Waals surface area contributed by atoms with Crippen molar-refractivity contribution in [2.24, 2.45) is 0 Å². The Morgan fingerprint density at radius 3 is 2.84 bits per heavy atom. The number of halogens is 2. The Balaban J connectivity index is 2.42. The Morgan fingerprint density at radius 1 is 1.58 bits per heavy atom. The smallest absolute Gasteiger partial charge is 0.258 e. The number of carbonyl (C=O) groups excluding carboxylic acids is 1. The van der Waals surface area contributed by atoms with Gasteiger partial charge >= 0.3 is 0 Å². The fourth-order valence-electron chi connectivity index (χ4n) is 1.13. The number of aliphatic hydroxyl groups is 2. The molecule has 0 aromatic heterocycles. The molecule has 0 saturated heterocycles. The van der Waals surface area contributed by atoms with Gasteiger partial charge in [-0.15, -0.1) is 0 Å². The van der Waals surface area contributed by atoms with Gasteiger partial charge in [0.15, 0.2) is 6.61 Å². The van der Waals surface area contributed by atoms with Crippen LogP contribution in [0.1, 0.15) is 6.92 Å². The molecule has 1 unspecified atom stereocenters. The van der Waals surface area contributed by atoms with Gasteiger partial charge in [0.05, 0.1) is 11.6 Å². The van der Waals surface area contributed by atoms with E-state index in [1.165, 1.54) is 6.92 Å². The zero-order chi connectivity index (χ0) is 14.5. The van der Waals surface area contributed by atoms with Crippen molar-refractivity contribution in [1.29, 1.82) is 0 Å². The third-order valence-corrected chi connectivity index (χ3v) is 3.05. The first-order valence-corrected chi connectivity index (χ1v) is 6.69. The standard InChI is InChI=1S/C12H15BrClNO4/c1-12(18,7-16)6-15-11(17)5-19-10-3-2-8(13)4-9(10)14/h2-4,16,18H,5-7H2,1H3,(H,15,17). The second-order valence-corrected chi connectivity index (χ2v) is 5.62. The molecule has 0 fully saturated rings. The summed E-state index contributed by atoms with van der Waals surface area (Å²) in [6, 6.07) is 5.05. The van der Waals surface area contributed by atoms with Gasteiger partial charge in [-0.25, -0.2) is 0 Å². The lowest BCUT2D eigenvalue weighted by Crippen LogP contribution is -2.44. The maximum Gasteiger partial charge on any atom is 0.258 e. The van der Waals surface area contributed by atoms with Crippen molar-refractivity contribution in [3.05, 3.63) is 27.7 Å². The Morgan fingerprint density at radius 2 is 2.26 bits per heavy atom. The van der Waals surface area contributed by atoms with E-state index < -0.39 is 18.1 Å². The monoisotopic (exact) mass is 351 g/mol. The van der Waals surface area contributed by atoms with Gasteiger partial charge in [0.2, 0.25) is 0 Å². The van der Waals surface area contributed by atoms with E-state index in [2.05, 4.69) is 21.2 Å². The number of aliphatic hydroxyl groups excluding tert-OH is 1. The normalized spacial score (nSPS) is 13.7. The van der Waals surface area contributed by atoms with Gasteiger partial charge in [-0.05, 0) is 25.1 Å². The van der Waals surface area contributed by atoms with Crippen molar-refractivity contribution in [3.8, 4) is 5.75 Å². The zero-order valence-corrected chi connectivity index (χ0v) is 12.7. The average Bonchev–Trinajstić information content (AvgIpc) is 2.35. The molecule has 19 heavy (non-hydrogen) atoms. The Hall–Kier alpha value is -0.820. The molecule has 1 aromatic rings. The van der Waals surface area contributed by atoms with Gasteiger partial charge in [0, 0.05) is 11.0 Å². The molecular weight excluding hydrogens is 337 g/mol. The first-order chi connectivity index (χ1) is 8.84. The minimum Gasteiger partial charge on any atom is -0.482 e. The fourth-order valence-corrected chi connectivity index (χ4v) is 1.86. The van der Waals surface area contributed by atoms with Crippen LogP contribution in [-0.4, -0.2) is 41.5 Å². The van der Waals surface area contributed by atoms with Crippen LogP contribution in [0.2, 0.25) is 5.02 Å². The van der Waals surface area contributed by atoms with E-state index in [-0.39, 0.29) is 13.2 Å². The molecule has 5 nitrogen and oxygen atoms in total. The third-order valence-electron chi connectivity index (χ3n) is 2.26. The number of hydrogen-bond acceptors (Lipinski definition) is 4. The van der Waals surface area contributed by atoms with Crippen LogP contribution in [0.5, 0.6) is 5.75 Å². The van der Waals surface area contributed by atoms with Crippen molar-refractivity contribution in [3.63, 3.8) is 0 Å². The minimum absolute atomic E-state index is 0.0558. The fraction of sp³-hybridized carbons (Fsp3) is 0.417. The predicted octanol–water partition coefficient (Wildman–Crippen LogP) is 1.34. The Kier molecular flexibility index (Phi) is 6.06. The lowest BCUT2D eigenvalue weighted by atomic mass is 10.1. The molecule has 0 radical (unpaired) electrons. The zero-order valence-electron chi connectivity index (χ0n) is 10.3. The second kappa shape index (κ2) is 7.09. The number of benzene rings is 1. The molecule has 1 aromatic carbocycles. The summed E-state index contributed by atoms with van der Waals surface area (Å²) in [5.74, 6) is -0.0124. The number of rotatable bonds is 6. The molecule has 3 N–H and O–H groups in total. The second-order valence-electron chi connectivity index (χ2n) is 4.30. The van der Waals surface area contributed by atoms with Gasteiger partial charge in [-0.2, -0.15) is 0 Å². The van der Waals surface area contributed by atoms with Crippen molar-refractivity contribution in [2.75, 3.05) is 19.8 Å². The summed E-state index contributed by atoms with van der Waals surface area (Å²) in [6.07, 6.45) is 0. The summed E-state index contributed by atoms with van der Waals surface area (Å²) in [4.78, 5) is 11.5. The highest BCUT2D eigenvalue weighted by molar-refractivity contribution is 9.10. The van der Waals surface area contributed by atoms with Crippen LogP contribution in [0.25, 0.3) is 0 Å². The topological polar surface area (TPSA) is 78.8 Å². The molecule has 1 atom stereocenters. The number of hydrogen-bond donors (Lipinski definition) is 3. The Bertz CT molecular complexity index is 453. The summed E-state index contributed by atoms with van der Waals surface area (Å²) in [5.41, 5.74) is -1.34. The van der Waals surface area contributed by atoms with Crippen LogP contribution in [0.4, 0.5) is 0 Å². The van der Waals surface area contributed by atoms with Gasteiger partial charge in [-0.1, -0.05) is 27.5 Å². The molecule has 1 amide bonds. The van der Waals surface area contributed by atoms with Gasteiger partial charge in [0.25, 0.3) is 5.91 Å². The van der Waals surface area contributed by atoms with E-state index in [4.69, 9.17) is 21.4 Å². The summed E-state index contributed by atoms with van der Waals surface area (Å²) in [6.45, 7) is 0.703. The van der Waals surface area contributed by atoms with E-state index in [9.17, 15) is 9.90 Å². The highest BCUT2D eigenvalue weighted by Gasteiger charge is 2.19. The molecule has 0 aliphatic rings. The van der Waals surface area contributed by atoms with Crippen molar-refractivity contribution < 1.29 is 19.7 Å². The third kappa shape index (κ3) is 5.78. The molecule has 7 heteroatoms. The molecule has 1 rings (SSSR count). The summed E-state index contributed by atoms with van der Waals surface area (Å²) < 4.78 is 6.06. The van der Waals surface area contributed by atoms with Gasteiger partial charge in [-0.3, -0.25) is 4.79 Å². The van der Waals surface area contributed by atoms with E-state index in [1.807, 2.05) is 0 Å². The van der Waals surface area contributed by atoms with Crippen LogP contribution in [0.3, 0.4) is 0 Å². The van der Waals surface area contributed by atoms with Crippen molar-refractivity contribution >= 4 is 33.4 Å². The van der Waals surface area contributed by atoms with Crippen LogP contribution < -0.4 is 10.1 Å².